The maximum atomic E-state index is 12.6. The fourth-order valence-corrected chi connectivity index (χ4v) is 2.31. The maximum absolute atomic E-state index is 12.6. The highest BCUT2D eigenvalue weighted by molar-refractivity contribution is 6.35. The van der Waals surface area contributed by atoms with Crippen LogP contribution in [0.3, 0.4) is 0 Å². The lowest BCUT2D eigenvalue weighted by Crippen LogP contribution is -2.35. The van der Waals surface area contributed by atoms with Crippen LogP contribution >= 0.6 is 0 Å². The summed E-state index contributed by atoms with van der Waals surface area (Å²) in [6, 6.07) is 9.27. The highest BCUT2D eigenvalue weighted by atomic mass is 16.2. The third-order valence-electron chi connectivity index (χ3n) is 3.40. The van der Waals surface area contributed by atoms with Gasteiger partial charge in [0.05, 0.1) is 5.57 Å². The normalized spacial score (nSPS) is 15.0. The molecule has 1 aromatic carbocycles. The molecule has 1 aromatic rings. The third-order valence-corrected chi connectivity index (χ3v) is 3.40. The zero-order chi connectivity index (χ0) is 16.1. The number of nitrogens with one attached hydrogen (secondary N) is 1. The van der Waals surface area contributed by atoms with Crippen LogP contribution in [0.4, 0.5) is 0 Å². The molecule has 0 unspecified atom stereocenters. The molecule has 0 saturated carbocycles. The van der Waals surface area contributed by atoms with Crippen molar-refractivity contribution in [3.8, 4) is 0 Å². The van der Waals surface area contributed by atoms with Crippen molar-refractivity contribution in [2.45, 2.75) is 0 Å². The Hall–Kier alpha value is -2.40. The molecule has 0 saturated heterocycles. The van der Waals surface area contributed by atoms with Gasteiger partial charge >= 0.3 is 0 Å². The molecular formula is C17H21N3O2. The summed E-state index contributed by atoms with van der Waals surface area (Å²) in [6.45, 7) is 5.19. The van der Waals surface area contributed by atoms with E-state index >= 15 is 0 Å². The van der Waals surface area contributed by atoms with Crippen LogP contribution < -0.4 is 5.32 Å². The van der Waals surface area contributed by atoms with Gasteiger partial charge in [0, 0.05) is 19.6 Å². The molecule has 5 nitrogen and oxygen atoms in total. The second kappa shape index (κ2) is 7.04. The minimum absolute atomic E-state index is 0.215. The van der Waals surface area contributed by atoms with Gasteiger partial charge in [-0.25, -0.2) is 0 Å². The second-order valence-electron chi connectivity index (χ2n) is 5.36. The number of carbonyl (C=O) groups is 2. The van der Waals surface area contributed by atoms with Gasteiger partial charge in [0.25, 0.3) is 11.8 Å². The SMILES string of the molecule is C=CCN1C(=O)C(NCCN(C)C)=C(c2ccccc2)C1=O. The van der Waals surface area contributed by atoms with E-state index in [1.165, 1.54) is 4.90 Å². The van der Waals surface area contributed by atoms with Crippen LogP contribution in [0.5, 0.6) is 0 Å². The summed E-state index contributed by atoms with van der Waals surface area (Å²) in [7, 11) is 3.92. The first kappa shape index (κ1) is 16.0. The minimum atomic E-state index is -0.289. The Morgan fingerprint density at radius 1 is 1.18 bits per heavy atom. The van der Waals surface area contributed by atoms with Crippen LogP contribution in [0.1, 0.15) is 5.56 Å². The Bertz CT molecular complexity index is 606. The Balaban J connectivity index is 2.34. The van der Waals surface area contributed by atoms with Gasteiger partial charge in [-0.1, -0.05) is 36.4 Å². The third kappa shape index (κ3) is 3.26. The average molecular weight is 299 g/mol. The Morgan fingerprint density at radius 2 is 1.86 bits per heavy atom. The van der Waals surface area contributed by atoms with Crippen molar-refractivity contribution in [1.29, 1.82) is 0 Å². The van der Waals surface area contributed by atoms with E-state index in [1.807, 2.05) is 49.3 Å². The average Bonchev–Trinajstić information content (AvgIpc) is 2.73. The summed E-state index contributed by atoms with van der Waals surface area (Å²) in [5.74, 6) is -0.564. The van der Waals surface area contributed by atoms with Crippen molar-refractivity contribution in [2.24, 2.45) is 0 Å². The first-order chi connectivity index (χ1) is 10.6. The molecule has 0 fully saturated rings. The van der Waals surface area contributed by atoms with E-state index in [9.17, 15) is 9.59 Å². The predicted molar refractivity (Wildman–Crippen MR) is 86.8 cm³/mol. The number of hydrogen-bond donors (Lipinski definition) is 1. The van der Waals surface area contributed by atoms with Gasteiger partial charge < -0.3 is 10.2 Å². The van der Waals surface area contributed by atoms with E-state index in [-0.39, 0.29) is 18.4 Å². The maximum Gasteiger partial charge on any atom is 0.277 e. The van der Waals surface area contributed by atoms with Gasteiger partial charge in [-0.2, -0.15) is 0 Å². The van der Waals surface area contributed by atoms with Crippen molar-refractivity contribution in [3.05, 3.63) is 54.2 Å². The largest absolute Gasteiger partial charge is 0.379 e. The molecule has 1 aliphatic heterocycles. The number of nitrogens with zero attached hydrogens (tertiary/aromatic N) is 2. The Kier molecular flexibility index (Phi) is 5.12. The van der Waals surface area contributed by atoms with E-state index in [2.05, 4.69) is 11.9 Å². The van der Waals surface area contributed by atoms with Crippen molar-refractivity contribution in [3.63, 3.8) is 0 Å². The summed E-state index contributed by atoms with van der Waals surface area (Å²) in [5.41, 5.74) is 1.56. The van der Waals surface area contributed by atoms with Crippen molar-refractivity contribution in [2.75, 3.05) is 33.7 Å². The van der Waals surface area contributed by atoms with Crippen molar-refractivity contribution in [1.82, 2.24) is 15.1 Å². The van der Waals surface area contributed by atoms with E-state index in [0.717, 1.165) is 12.1 Å². The summed E-state index contributed by atoms with van der Waals surface area (Å²) in [6.07, 6.45) is 1.56. The van der Waals surface area contributed by atoms with E-state index in [0.29, 0.717) is 17.8 Å². The molecule has 0 aromatic heterocycles. The fourth-order valence-electron chi connectivity index (χ4n) is 2.31. The number of benzene rings is 1. The molecule has 1 heterocycles. The molecule has 1 aliphatic rings. The van der Waals surface area contributed by atoms with Gasteiger partial charge in [-0.15, -0.1) is 6.58 Å². The Morgan fingerprint density at radius 3 is 2.45 bits per heavy atom. The predicted octanol–water partition coefficient (Wildman–Crippen LogP) is 1.10. The first-order valence-electron chi connectivity index (χ1n) is 7.21. The Labute approximate surface area is 130 Å². The van der Waals surface area contributed by atoms with Crippen LogP contribution in [0, 0.1) is 0 Å². The number of amides is 2. The molecule has 1 N–H and O–H groups in total. The summed E-state index contributed by atoms with van der Waals surface area (Å²) in [5, 5.41) is 3.12. The van der Waals surface area contributed by atoms with Crippen LogP contribution in [0.15, 0.2) is 48.7 Å². The molecule has 5 heteroatoms. The van der Waals surface area contributed by atoms with Crippen molar-refractivity contribution < 1.29 is 9.59 Å². The molecule has 116 valence electrons. The van der Waals surface area contributed by atoms with Gasteiger partial charge in [0.15, 0.2) is 0 Å². The van der Waals surface area contributed by atoms with Gasteiger partial charge in [0.1, 0.15) is 5.70 Å². The molecule has 0 radical (unpaired) electrons. The monoisotopic (exact) mass is 299 g/mol. The molecule has 2 amide bonds. The number of imide groups is 1. The number of carbonyl (C=O) groups excluding carboxylic acids is 2. The lowest BCUT2D eigenvalue weighted by atomic mass is 10.0. The van der Waals surface area contributed by atoms with Crippen LogP contribution in [-0.4, -0.2) is 55.3 Å². The van der Waals surface area contributed by atoms with Crippen LogP contribution in [-0.2, 0) is 9.59 Å². The standard InChI is InChI=1S/C17H21N3O2/c1-4-11-20-16(21)14(13-8-6-5-7-9-13)15(17(20)22)18-10-12-19(2)3/h4-9,18H,1,10-12H2,2-3H3. The molecule has 0 spiro atoms. The van der Waals surface area contributed by atoms with Crippen LogP contribution in [0.25, 0.3) is 5.57 Å². The molecule has 2 rings (SSSR count). The molecule has 0 aliphatic carbocycles. The highest BCUT2D eigenvalue weighted by Gasteiger charge is 2.38. The number of likely N-dealkylation sites (N-methyl/N-ethyl adjacent to an activating group) is 1. The number of hydrogen-bond acceptors (Lipinski definition) is 4. The molecule has 0 bridgehead atoms. The summed E-state index contributed by atoms with van der Waals surface area (Å²) < 4.78 is 0. The molecule has 0 atom stereocenters. The van der Waals surface area contributed by atoms with Gasteiger partial charge in [-0.05, 0) is 19.7 Å². The first-order valence-corrected chi connectivity index (χ1v) is 7.21. The zero-order valence-electron chi connectivity index (χ0n) is 13.0. The summed E-state index contributed by atoms with van der Waals surface area (Å²) in [4.78, 5) is 28.3. The number of rotatable bonds is 7. The van der Waals surface area contributed by atoms with E-state index in [4.69, 9.17) is 0 Å². The highest BCUT2D eigenvalue weighted by Crippen LogP contribution is 2.27. The smallest absolute Gasteiger partial charge is 0.277 e. The van der Waals surface area contributed by atoms with Gasteiger partial charge in [-0.3, -0.25) is 14.5 Å². The minimum Gasteiger partial charge on any atom is -0.379 e. The lowest BCUT2D eigenvalue weighted by Gasteiger charge is -2.13. The molecule has 22 heavy (non-hydrogen) atoms. The second-order valence-corrected chi connectivity index (χ2v) is 5.36. The van der Waals surface area contributed by atoms with E-state index in [1.54, 1.807) is 6.08 Å². The summed E-state index contributed by atoms with van der Waals surface area (Å²) >= 11 is 0. The fraction of sp³-hybridized carbons (Fsp3) is 0.294. The topological polar surface area (TPSA) is 52.7 Å². The lowest BCUT2D eigenvalue weighted by molar-refractivity contribution is -0.136. The van der Waals surface area contributed by atoms with Crippen LogP contribution in [0.2, 0.25) is 0 Å². The zero-order valence-corrected chi connectivity index (χ0v) is 13.0. The van der Waals surface area contributed by atoms with E-state index < -0.39 is 0 Å². The van der Waals surface area contributed by atoms with Crippen molar-refractivity contribution >= 4 is 17.4 Å². The molecular weight excluding hydrogens is 278 g/mol. The van der Waals surface area contributed by atoms with Gasteiger partial charge in [0.2, 0.25) is 0 Å². The quantitative estimate of drug-likeness (QED) is 0.605.